The molecule has 0 atom stereocenters. The van der Waals surface area contributed by atoms with E-state index >= 15 is 0 Å². The number of carbonyl (C=O) groups is 2. The Hall–Kier alpha value is -3.31. The molecule has 0 heterocycles. The minimum atomic E-state index is -4.21. The summed E-state index contributed by atoms with van der Waals surface area (Å²) in [7, 11) is -4.21. The number of hydrazine groups is 1. The van der Waals surface area contributed by atoms with Crippen molar-refractivity contribution in [1.82, 2.24) is 10.3 Å². The molecular formula is C20H24N2O8S. The molecule has 31 heavy (non-hydrogen) atoms. The first-order valence-electron chi connectivity index (χ1n) is 9.45. The van der Waals surface area contributed by atoms with E-state index in [1.807, 2.05) is 4.83 Å². The van der Waals surface area contributed by atoms with E-state index in [4.69, 9.17) is 19.3 Å². The van der Waals surface area contributed by atoms with Gasteiger partial charge in [-0.05, 0) is 51.1 Å². The number of aromatic carboxylic acids is 1. The maximum atomic E-state index is 12.6. The van der Waals surface area contributed by atoms with Crippen molar-refractivity contribution in [3.63, 3.8) is 0 Å². The minimum absolute atomic E-state index is 0.0670. The van der Waals surface area contributed by atoms with Gasteiger partial charge in [-0.3, -0.25) is 10.2 Å². The van der Waals surface area contributed by atoms with Crippen LogP contribution in [0, 0.1) is 0 Å². The van der Waals surface area contributed by atoms with Gasteiger partial charge in [-0.25, -0.2) is 13.2 Å². The number of rotatable bonds is 11. The molecule has 10 nitrogen and oxygen atoms in total. The van der Waals surface area contributed by atoms with E-state index in [2.05, 4.69) is 5.43 Å². The standard InChI is InChI=1S/C20H24N2O8S/c1-4-28-16-11-14(12-17(29-5-2)18(16)30-6-3)19(23)21-22-31(26,27)15-9-7-8-13(10-15)20(24)25/h7-12,22H,4-6H2,1-3H3,(H,21,23)(H,24,25). The van der Waals surface area contributed by atoms with Gasteiger partial charge in [0.2, 0.25) is 5.75 Å². The Kier molecular flexibility index (Phi) is 8.22. The normalized spacial score (nSPS) is 10.9. The quantitative estimate of drug-likeness (QED) is 0.441. The van der Waals surface area contributed by atoms with Crippen LogP contribution in [-0.4, -0.2) is 45.2 Å². The SMILES string of the molecule is CCOc1cc(C(=O)NNS(=O)(=O)c2cccc(C(=O)O)c2)cc(OCC)c1OCC. The number of sulfonamides is 1. The summed E-state index contributed by atoms with van der Waals surface area (Å²) in [5.74, 6) is -1.16. The van der Waals surface area contributed by atoms with Gasteiger partial charge in [0, 0.05) is 5.56 Å². The zero-order valence-electron chi connectivity index (χ0n) is 17.3. The fraction of sp³-hybridized carbons (Fsp3) is 0.300. The zero-order chi connectivity index (χ0) is 23.0. The molecule has 0 aliphatic heterocycles. The van der Waals surface area contributed by atoms with E-state index in [-0.39, 0.29) is 27.5 Å². The van der Waals surface area contributed by atoms with Crippen molar-refractivity contribution >= 4 is 21.9 Å². The Morgan fingerprint density at radius 1 is 0.903 bits per heavy atom. The fourth-order valence-corrected chi connectivity index (χ4v) is 3.45. The van der Waals surface area contributed by atoms with Gasteiger partial charge in [0.25, 0.3) is 15.9 Å². The fourth-order valence-electron chi connectivity index (χ4n) is 2.56. The molecule has 0 saturated heterocycles. The van der Waals surface area contributed by atoms with Crippen molar-refractivity contribution in [2.75, 3.05) is 19.8 Å². The summed E-state index contributed by atoms with van der Waals surface area (Å²) in [5.41, 5.74) is 1.96. The Morgan fingerprint density at radius 2 is 1.48 bits per heavy atom. The topological polar surface area (TPSA) is 140 Å². The molecule has 0 aliphatic carbocycles. The second kappa shape index (κ2) is 10.6. The van der Waals surface area contributed by atoms with Gasteiger partial charge in [0.05, 0.1) is 30.3 Å². The van der Waals surface area contributed by atoms with Crippen LogP contribution in [0.3, 0.4) is 0 Å². The van der Waals surface area contributed by atoms with E-state index in [0.717, 1.165) is 6.07 Å². The highest BCUT2D eigenvalue weighted by Crippen LogP contribution is 2.39. The summed E-state index contributed by atoms with van der Waals surface area (Å²) in [5, 5.41) is 9.02. The summed E-state index contributed by atoms with van der Waals surface area (Å²) in [4.78, 5) is 25.3. The maximum Gasteiger partial charge on any atom is 0.335 e. The van der Waals surface area contributed by atoms with Crippen molar-refractivity contribution in [3.05, 3.63) is 47.5 Å². The Morgan fingerprint density at radius 3 is 2.00 bits per heavy atom. The third kappa shape index (κ3) is 6.09. The van der Waals surface area contributed by atoms with Gasteiger partial charge in [0.15, 0.2) is 11.5 Å². The van der Waals surface area contributed by atoms with E-state index in [9.17, 15) is 18.0 Å². The first kappa shape index (κ1) is 24.0. The van der Waals surface area contributed by atoms with Crippen LogP contribution in [0.1, 0.15) is 41.5 Å². The second-order valence-electron chi connectivity index (χ2n) is 5.99. The smallest absolute Gasteiger partial charge is 0.335 e. The summed E-state index contributed by atoms with van der Waals surface area (Å²) >= 11 is 0. The second-order valence-corrected chi connectivity index (χ2v) is 7.68. The van der Waals surface area contributed by atoms with Gasteiger partial charge in [-0.2, -0.15) is 0 Å². The van der Waals surface area contributed by atoms with Crippen LogP contribution in [0.25, 0.3) is 0 Å². The number of amides is 1. The van der Waals surface area contributed by atoms with Gasteiger partial charge >= 0.3 is 5.97 Å². The number of nitrogens with one attached hydrogen (secondary N) is 2. The molecule has 0 aromatic heterocycles. The average Bonchev–Trinajstić information content (AvgIpc) is 2.74. The number of benzene rings is 2. The molecule has 3 N–H and O–H groups in total. The van der Waals surface area contributed by atoms with Crippen molar-refractivity contribution in [3.8, 4) is 17.2 Å². The van der Waals surface area contributed by atoms with Gasteiger partial charge in [0.1, 0.15) is 0 Å². The number of ether oxygens (including phenoxy) is 3. The molecule has 168 valence electrons. The molecule has 0 bridgehead atoms. The molecule has 2 aromatic carbocycles. The highest BCUT2D eigenvalue weighted by Gasteiger charge is 2.21. The van der Waals surface area contributed by atoms with Crippen LogP contribution < -0.4 is 24.5 Å². The van der Waals surface area contributed by atoms with Crippen LogP contribution in [0.5, 0.6) is 17.2 Å². The third-order valence-electron chi connectivity index (χ3n) is 3.86. The van der Waals surface area contributed by atoms with Gasteiger partial charge in [-0.1, -0.05) is 6.07 Å². The highest BCUT2D eigenvalue weighted by molar-refractivity contribution is 7.89. The largest absolute Gasteiger partial charge is 0.490 e. The number of hydrogen-bond acceptors (Lipinski definition) is 7. The molecule has 2 aromatic rings. The van der Waals surface area contributed by atoms with Gasteiger partial charge in [-0.15, -0.1) is 4.83 Å². The summed E-state index contributed by atoms with van der Waals surface area (Å²) in [6.45, 7) is 6.29. The molecule has 0 radical (unpaired) electrons. The number of carboxylic acid groups (broad SMARTS) is 1. The third-order valence-corrected chi connectivity index (χ3v) is 5.11. The first-order chi connectivity index (χ1) is 14.7. The predicted octanol–water partition coefficient (Wildman–Crippen LogP) is 2.20. The van der Waals surface area contributed by atoms with Crippen molar-refractivity contribution < 1.29 is 37.3 Å². The van der Waals surface area contributed by atoms with Crippen molar-refractivity contribution in [2.24, 2.45) is 0 Å². The van der Waals surface area contributed by atoms with Crippen LogP contribution >= 0.6 is 0 Å². The highest BCUT2D eigenvalue weighted by atomic mass is 32.2. The van der Waals surface area contributed by atoms with E-state index in [1.54, 1.807) is 20.8 Å². The lowest BCUT2D eigenvalue weighted by Gasteiger charge is -2.17. The Balaban J connectivity index is 2.28. The van der Waals surface area contributed by atoms with E-state index in [1.165, 1.54) is 30.3 Å². The summed E-state index contributed by atoms with van der Waals surface area (Å²) in [6.07, 6.45) is 0. The lowest BCUT2D eigenvalue weighted by atomic mass is 10.1. The summed E-state index contributed by atoms with van der Waals surface area (Å²) in [6, 6.07) is 7.54. The number of hydrogen-bond donors (Lipinski definition) is 3. The molecule has 0 saturated carbocycles. The Bertz CT molecular complexity index is 1030. The van der Waals surface area contributed by atoms with Crippen molar-refractivity contribution in [2.45, 2.75) is 25.7 Å². The molecule has 0 aliphatic rings. The minimum Gasteiger partial charge on any atom is -0.490 e. The molecule has 2 rings (SSSR count). The lowest BCUT2D eigenvalue weighted by molar-refractivity contribution is 0.0696. The Labute approximate surface area is 180 Å². The molecule has 0 fully saturated rings. The molecule has 0 unspecified atom stereocenters. The zero-order valence-corrected chi connectivity index (χ0v) is 18.1. The molecule has 1 amide bonds. The van der Waals surface area contributed by atoms with Crippen molar-refractivity contribution in [1.29, 1.82) is 0 Å². The molecule has 0 spiro atoms. The number of carboxylic acids is 1. The van der Waals surface area contributed by atoms with Crippen LogP contribution in [0.4, 0.5) is 0 Å². The molecular weight excluding hydrogens is 428 g/mol. The van der Waals surface area contributed by atoms with Crippen LogP contribution in [-0.2, 0) is 10.0 Å². The summed E-state index contributed by atoms with van der Waals surface area (Å²) < 4.78 is 41.5. The van der Waals surface area contributed by atoms with Crippen LogP contribution in [0.2, 0.25) is 0 Å². The monoisotopic (exact) mass is 452 g/mol. The number of carbonyl (C=O) groups excluding carboxylic acids is 1. The molecule has 11 heteroatoms. The van der Waals surface area contributed by atoms with E-state index < -0.39 is 21.9 Å². The lowest BCUT2D eigenvalue weighted by Crippen LogP contribution is -2.41. The average molecular weight is 452 g/mol. The van der Waals surface area contributed by atoms with Crippen LogP contribution in [0.15, 0.2) is 41.3 Å². The maximum absolute atomic E-state index is 12.6. The van der Waals surface area contributed by atoms with E-state index in [0.29, 0.717) is 25.6 Å². The predicted molar refractivity (Wildman–Crippen MR) is 111 cm³/mol. The van der Waals surface area contributed by atoms with Gasteiger partial charge < -0.3 is 19.3 Å². The first-order valence-corrected chi connectivity index (χ1v) is 10.9.